The van der Waals surface area contributed by atoms with E-state index >= 15 is 0 Å². The van der Waals surface area contributed by atoms with Gasteiger partial charge >= 0.3 is 5.97 Å². The number of aliphatic hydroxyl groups excluding tert-OH is 2. The van der Waals surface area contributed by atoms with E-state index in [9.17, 15) is 79.2 Å². The van der Waals surface area contributed by atoms with E-state index in [1.165, 1.54) is 30.3 Å². The Labute approximate surface area is 458 Å². The molecule has 0 spiro atoms. The van der Waals surface area contributed by atoms with Crippen molar-refractivity contribution >= 4 is 70.5 Å². The van der Waals surface area contributed by atoms with Crippen LogP contribution < -0.4 is 48.1 Å². The number of hydrogen-bond acceptors (Lipinski definition) is 17. The standard InChI is InChI=1S/C52H54Cl2N8O17/c1-21(2)13-32(55)46(71)61-42(44(69)24-6-10-34(66)30(53)16-24)50(75)57-33(20-38(56)68)47(72)58-40-23-5-11-35(67)37(18-23)79-36-12-7-25(17-31(36)54)45(70)43(51(76)60-41(52(77)78)26-14-28(64)19-29(65)15-26)62-48(73)39(59-49(40)74)22-3-8-27(63)9-4-22/h3-12,14-19,21,32-33,39-45,63-67,69-70H,13,20,55H2,1-2H3,(H2,56,68)(H,57,75)(H,58,72)(H,59,74)(H,60,76)(H,61,71)(H,62,73)(H,77,78)/t32-,33+,39-,40-,41+,42+,43-,44-,45+/m1/s1. The number of phenols is 5. The lowest BCUT2D eigenvalue weighted by Crippen LogP contribution is -2.59. The summed E-state index contributed by atoms with van der Waals surface area (Å²) in [6, 6.07) is 3.82. The van der Waals surface area contributed by atoms with Gasteiger partial charge in [0, 0.05) is 6.07 Å². The number of primary amides is 1. The fourth-order valence-corrected chi connectivity index (χ4v) is 8.60. The molecule has 7 amide bonds. The molecule has 9 atom stereocenters. The summed E-state index contributed by atoms with van der Waals surface area (Å²) >= 11 is 12.7. The highest BCUT2D eigenvalue weighted by Crippen LogP contribution is 2.39. The Morgan fingerprint density at radius 1 is 0.671 bits per heavy atom. The molecular formula is C52H54Cl2N8O17. The number of ether oxygens (including phenoxy) is 1. The normalized spacial score (nSPS) is 18.3. The van der Waals surface area contributed by atoms with Gasteiger partial charge in [0.05, 0.1) is 22.5 Å². The first-order valence-corrected chi connectivity index (χ1v) is 24.5. The molecule has 0 saturated carbocycles. The van der Waals surface area contributed by atoms with Crippen molar-refractivity contribution in [2.75, 3.05) is 0 Å². The molecule has 2 aliphatic heterocycles. The van der Waals surface area contributed by atoms with Crippen LogP contribution in [-0.2, 0) is 38.4 Å². The average molecular weight is 1130 g/mol. The predicted molar refractivity (Wildman–Crippen MR) is 278 cm³/mol. The van der Waals surface area contributed by atoms with E-state index in [1.807, 2.05) is 0 Å². The summed E-state index contributed by atoms with van der Waals surface area (Å²) in [4.78, 5) is 111. The lowest BCUT2D eigenvalue weighted by molar-refractivity contribution is -0.143. The van der Waals surface area contributed by atoms with Gasteiger partial charge in [-0.1, -0.05) is 67.4 Å². The lowest BCUT2D eigenvalue weighted by atomic mass is 9.97. The molecule has 18 N–H and O–H groups in total. The first-order chi connectivity index (χ1) is 37.2. The minimum Gasteiger partial charge on any atom is -0.508 e. The zero-order chi connectivity index (χ0) is 58.2. The summed E-state index contributed by atoms with van der Waals surface area (Å²) in [5, 5.41) is 98.4. The fourth-order valence-electron chi connectivity index (χ4n) is 8.19. The van der Waals surface area contributed by atoms with Crippen LogP contribution in [0.5, 0.6) is 40.2 Å². The molecule has 0 saturated heterocycles. The number of aliphatic carboxylic acids is 1. The van der Waals surface area contributed by atoms with Crippen molar-refractivity contribution in [3.05, 3.63) is 135 Å². The molecule has 0 aromatic heterocycles. The van der Waals surface area contributed by atoms with E-state index in [4.69, 9.17) is 39.4 Å². The second kappa shape index (κ2) is 25.5. The van der Waals surface area contributed by atoms with Crippen molar-refractivity contribution < 1.29 is 83.9 Å². The van der Waals surface area contributed by atoms with Gasteiger partial charge in [0.25, 0.3) is 0 Å². The summed E-state index contributed by atoms with van der Waals surface area (Å²) in [5.74, 6) is -13.7. The zero-order valence-corrected chi connectivity index (χ0v) is 43.1. The van der Waals surface area contributed by atoms with Crippen LogP contribution in [-0.4, -0.2) is 112 Å². The first-order valence-electron chi connectivity index (χ1n) is 23.8. The molecule has 2 heterocycles. The van der Waals surface area contributed by atoms with Crippen LogP contribution in [0.25, 0.3) is 0 Å². The lowest BCUT2D eigenvalue weighted by Gasteiger charge is -2.30. The molecule has 418 valence electrons. The monoisotopic (exact) mass is 1130 g/mol. The van der Waals surface area contributed by atoms with Gasteiger partial charge in [-0.2, -0.15) is 0 Å². The Morgan fingerprint density at radius 3 is 1.91 bits per heavy atom. The molecule has 0 radical (unpaired) electrons. The summed E-state index contributed by atoms with van der Waals surface area (Å²) in [6.07, 6.45) is -4.96. The third-order valence-corrected chi connectivity index (χ3v) is 12.8. The van der Waals surface area contributed by atoms with Gasteiger partial charge in [-0.25, -0.2) is 4.79 Å². The van der Waals surface area contributed by atoms with Gasteiger partial charge in [-0.05, 0) is 101 Å². The Hall–Kier alpha value is -8.88. The Morgan fingerprint density at radius 2 is 1.30 bits per heavy atom. The van der Waals surface area contributed by atoms with Crippen LogP contribution in [0, 0.1) is 5.92 Å². The second-order valence-corrected chi connectivity index (χ2v) is 19.4. The number of aliphatic hydroxyl groups is 2. The van der Waals surface area contributed by atoms with E-state index in [-0.39, 0.29) is 61.7 Å². The van der Waals surface area contributed by atoms with Crippen LogP contribution in [0.4, 0.5) is 0 Å². The molecule has 0 aliphatic carbocycles. The zero-order valence-electron chi connectivity index (χ0n) is 41.6. The van der Waals surface area contributed by atoms with Crippen molar-refractivity contribution in [1.82, 2.24) is 31.9 Å². The van der Waals surface area contributed by atoms with E-state index < -0.39 is 137 Å². The fraction of sp³-hybridized carbons (Fsp3) is 0.269. The van der Waals surface area contributed by atoms with Crippen molar-refractivity contribution in [3.63, 3.8) is 0 Å². The number of nitrogens with one attached hydrogen (secondary N) is 6. The van der Waals surface area contributed by atoms with E-state index in [2.05, 4.69) is 31.9 Å². The van der Waals surface area contributed by atoms with Gasteiger partial charge in [0.1, 0.15) is 71.2 Å². The largest absolute Gasteiger partial charge is 0.508 e. The third-order valence-electron chi connectivity index (χ3n) is 12.2. The molecule has 25 nitrogen and oxygen atoms in total. The van der Waals surface area contributed by atoms with E-state index in [0.29, 0.717) is 0 Å². The number of benzene rings is 5. The smallest absolute Gasteiger partial charge is 0.330 e. The Balaban J connectivity index is 1.43. The number of carbonyl (C=O) groups excluding carboxylic acids is 7. The summed E-state index contributed by atoms with van der Waals surface area (Å²) in [6.45, 7) is 3.54. The predicted octanol–water partition coefficient (Wildman–Crippen LogP) is 1.75. The molecule has 79 heavy (non-hydrogen) atoms. The number of rotatable bonds is 17. The average Bonchev–Trinajstić information content (AvgIpc) is 3.38. The number of hydrogen-bond donors (Lipinski definition) is 16. The van der Waals surface area contributed by atoms with Gasteiger partial charge in [0.15, 0.2) is 17.5 Å². The molecule has 2 aliphatic rings. The number of fused-ring (bicyclic) bond motifs is 9. The minimum absolute atomic E-state index is 0.111. The number of aromatic hydroxyl groups is 5. The van der Waals surface area contributed by atoms with Gasteiger partial charge in [-0.15, -0.1) is 0 Å². The maximum absolute atomic E-state index is 14.9. The van der Waals surface area contributed by atoms with E-state index in [0.717, 1.165) is 66.7 Å². The van der Waals surface area contributed by atoms with Crippen LogP contribution in [0.15, 0.2) is 97.1 Å². The quantitative estimate of drug-likeness (QED) is 0.0630. The number of carboxylic acids is 1. The highest BCUT2D eigenvalue weighted by atomic mass is 35.5. The van der Waals surface area contributed by atoms with Crippen LogP contribution in [0.2, 0.25) is 10.0 Å². The number of amides is 7. The number of phenolic OH excluding ortho intramolecular Hbond substituents is 5. The maximum Gasteiger partial charge on any atom is 0.330 e. The molecule has 0 fully saturated rings. The summed E-state index contributed by atoms with van der Waals surface area (Å²) in [5.41, 5.74) is 10.6. The van der Waals surface area contributed by atoms with Crippen molar-refractivity contribution in [2.24, 2.45) is 17.4 Å². The van der Waals surface area contributed by atoms with Gasteiger partial charge in [0.2, 0.25) is 41.4 Å². The molecular weight excluding hydrogens is 1080 g/mol. The van der Waals surface area contributed by atoms with Crippen molar-refractivity contribution in [3.8, 4) is 40.2 Å². The molecule has 27 heteroatoms. The minimum atomic E-state index is -2.19. The van der Waals surface area contributed by atoms with Gasteiger partial charge in [-0.3, -0.25) is 33.6 Å². The van der Waals surface area contributed by atoms with Crippen LogP contribution in [0.1, 0.15) is 84.8 Å². The highest BCUT2D eigenvalue weighted by molar-refractivity contribution is 6.32. The maximum atomic E-state index is 14.9. The highest BCUT2D eigenvalue weighted by Gasteiger charge is 2.40. The number of halogens is 2. The van der Waals surface area contributed by atoms with Crippen LogP contribution >= 0.6 is 23.2 Å². The Kier molecular flexibility index (Phi) is 19.2. The molecule has 5 aromatic carbocycles. The molecule has 7 rings (SSSR count). The SMILES string of the molecule is CC(C)C[C@@H](N)C(=O)N[C@H](C(=O)N[C@@H](CC(N)=O)C(=O)N[C@H]1C(=O)N[C@H](c2ccc(O)cc2)C(=O)N[C@@H](C(=O)N[C@H](C(=O)O)c2cc(O)cc(O)c2)[C@@H](O)c2ccc(c(Cl)c2)Oc2cc1ccc2O)[C@H](O)c1ccc(O)c(Cl)c1. The number of nitrogens with two attached hydrogens (primary N) is 2. The number of carbonyl (C=O) groups is 8. The van der Waals surface area contributed by atoms with Crippen LogP contribution in [0.3, 0.4) is 0 Å². The molecule has 0 unspecified atom stereocenters. The van der Waals surface area contributed by atoms with E-state index in [1.54, 1.807) is 13.8 Å². The summed E-state index contributed by atoms with van der Waals surface area (Å²) < 4.78 is 5.93. The van der Waals surface area contributed by atoms with Crippen molar-refractivity contribution in [2.45, 2.75) is 81.2 Å². The van der Waals surface area contributed by atoms with Crippen molar-refractivity contribution in [1.29, 1.82) is 0 Å². The second-order valence-electron chi connectivity index (χ2n) is 18.6. The topological polar surface area (TPSA) is 432 Å². The third kappa shape index (κ3) is 15.0. The first kappa shape index (κ1) is 59.4. The van der Waals surface area contributed by atoms with Gasteiger partial charge < -0.3 is 89.0 Å². The number of carboxylic acid groups (broad SMARTS) is 1. The molecule has 5 aromatic rings. The molecule has 4 bridgehead atoms. The summed E-state index contributed by atoms with van der Waals surface area (Å²) in [7, 11) is 0. The Bertz CT molecular complexity index is 3150.